The molecular formula is C9H11F3NO+. The van der Waals surface area contributed by atoms with Gasteiger partial charge in [0.25, 0.3) is 0 Å². The summed E-state index contributed by atoms with van der Waals surface area (Å²) in [5, 5.41) is 0. The van der Waals surface area contributed by atoms with E-state index >= 15 is 0 Å². The van der Waals surface area contributed by atoms with Crippen molar-refractivity contribution in [2.45, 2.75) is 19.5 Å². The van der Waals surface area contributed by atoms with Crippen LogP contribution in [0.2, 0.25) is 0 Å². The van der Waals surface area contributed by atoms with Crippen LogP contribution in [-0.4, -0.2) is 12.8 Å². The third-order valence-electron chi connectivity index (χ3n) is 1.52. The Hall–Kier alpha value is -1.26. The maximum absolute atomic E-state index is 12.0. The molecule has 0 bridgehead atoms. The Morgan fingerprint density at radius 2 is 2.14 bits per heavy atom. The molecule has 0 aliphatic heterocycles. The van der Waals surface area contributed by atoms with Crippen LogP contribution in [0.1, 0.15) is 12.5 Å². The van der Waals surface area contributed by atoms with E-state index in [1.807, 2.05) is 0 Å². The minimum Gasteiger partial charge on any atom is -0.272 e. The maximum atomic E-state index is 12.0. The molecule has 0 atom stereocenters. The molecule has 1 rings (SSSR count). The lowest BCUT2D eigenvalue weighted by Crippen LogP contribution is -2.42. The lowest BCUT2D eigenvalue weighted by molar-refractivity contribution is -0.891. The van der Waals surface area contributed by atoms with E-state index in [1.54, 1.807) is 13.1 Å². The highest BCUT2D eigenvalue weighted by atomic mass is 19.4. The highest BCUT2D eigenvalue weighted by Crippen LogP contribution is 2.19. The van der Waals surface area contributed by atoms with E-state index in [0.717, 1.165) is 0 Å². The summed E-state index contributed by atoms with van der Waals surface area (Å²) in [6, 6.07) is 2.94. The number of hydrogen-bond acceptors (Lipinski definition) is 1. The van der Waals surface area contributed by atoms with Gasteiger partial charge in [0.05, 0.1) is 6.42 Å². The Morgan fingerprint density at radius 3 is 2.71 bits per heavy atom. The monoisotopic (exact) mass is 206 g/mol. The quantitative estimate of drug-likeness (QED) is 0.683. The van der Waals surface area contributed by atoms with Crippen molar-refractivity contribution >= 4 is 0 Å². The number of alkyl halides is 3. The number of rotatable bonds is 3. The summed E-state index contributed by atoms with van der Waals surface area (Å²) in [6.07, 6.45) is -2.22. The van der Waals surface area contributed by atoms with Crippen molar-refractivity contribution < 1.29 is 22.7 Å². The lowest BCUT2D eigenvalue weighted by Gasteiger charge is -2.04. The van der Waals surface area contributed by atoms with Gasteiger partial charge in [0, 0.05) is 16.4 Å². The van der Waals surface area contributed by atoms with Crippen molar-refractivity contribution in [1.82, 2.24) is 0 Å². The van der Waals surface area contributed by atoms with E-state index in [4.69, 9.17) is 4.84 Å². The molecule has 0 fully saturated rings. The Labute approximate surface area is 79.9 Å². The van der Waals surface area contributed by atoms with Crippen LogP contribution in [0.5, 0.6) is 0 Å². The second-order valence-electron chi connectivity index (χ2n) is 2.78. The normalized spacial score (nSPS) is 11.4. The van der Waals surface area contributed by atoms with Gasteiger partial charge in [-0.3, -0.25) is 4.84 Å². The molecule has 78 valence electrons. The van der Waals surface area contributed by atoms with Crippen LogP contribution in [0.4, 0.5) is 13.2 Å². The Balaban J connectivity index is 2.73. The molecule has 0 spiro atoms. The fourth-order valence-electron chi connectivity index (χ4n) is 1.07. The SMILES string of the molecule is CCO[n+]1cccc(CC(F)(F)F)c1. The molecule has 0 N–H and O–H groups in total. The van der Waals surface area contributed by atoms with Crippen LogP contribution in [0.3, 0.4) is 0 Å². The second kappa shape index (κ2) is 4.30. The van der Waals surface area contributed by atoms with E-state index < -0.39 is 12.6 Å². The molecular weight excluding hydrogens is 195 g/mol. The van der Waals surface area contributed by atoms with Crippen molar-refractivity contribution in [3.8, 4) is 0 Å². The zero-order valence-corrected chi connectivity index (χ0v) is 7.71. The fourth-order valence-corrected chi connectivity index (χ4v) is 1.07. The van der Waals surface area contributed by atoms with Crippen LogP contribution in [0.15, 0.2) is 24.5 Å². The van der Waals surface area contributed by atoms with Crippen LogP contribution >= 0.6 is 0 Å². The summed E-state index contributed by atoms with van der Waals surface area (Å²) in [7, 11) is 0. The lowest BCUT2D eigenvalue weighted by atomic mass is 10.2. The first-order chi connectivity index (χ1) is 6.51. The predicted octanol–water partition coefficient (Wildman–Crippen LogP) is 1.53. The van der Waals surface area contributed by atoms with Crippen LogP contribution < -0.4 is 9.57 Å². The molecule has 1 heterocycles. The molecule has 0 saturated heterocycles. The molecule has 1 aromatic heterocycles. The van der Waals surface area contributed by atoms with Crippen molar-refractivity contribution in [3.05, 3.63) is 30.1 Å². The van der Waals surface area contributed by atoms with Gasteiger partial charge in [0.15, 0.2) is 6.61 Å². The van der Waals surface area contributed by atoms with Crippen molar-refractivity contribution in [1.29, 1.82) is 0 Å². The standard InChI is InChI=1S/C9H11F3NO/c1-2-14-13-5-3-4-8(7-13)6-9(10,11)12/h3-5,7H,2,6H2,1H3/q+1. The summed E-state index contributed by atoms with van der Waals surface area (Å²) in [5.41, 5.74) is 0.188. The second-order valence-corrected chi connectivity index (χ2v) is 2.78. The molecule has 5 heteroatoms. The van der Waals surface area contributed by atoms with Crippen LogP contribution in [-0.2, 0) is 6.42 Å². The van der Waals surface area contributed by atoms with Gasteiger partial charge >= 0.3 is 6.18 Å². The zero-order chi connectivity index (χ0) is 10.6. The first-order valence-corrected chi connectivity index (χ1v) is 4.21. The van der Waals surface area contributed by atoms with E-state index in [-0.39, 0.29) is 5.56 Å². The average Bonchev–Trinajstić information content (AvgIpc) is 2.02. The van der Waals surface area contributed by atoms with Gasteiger partial charge in [-0.05, 0) is 13.0 Å². The summed E-state index contributed by atoms with van der Waals surface area (Å²) in [5.74, 6) is 0. The molecule has 0 amide bonds. The molecule has 0 aliphatic rings. The number of pyridine rings is 1. The van der Waals surface area contributed by atoms with Gasteiger partial charge in [-0.2, -0.15) is 13.2 Å². The predicted molar refractivity (Wildman–Crippen MR) is 43.5 cm³/mol. The zero-order valence-electron chi connectivity index (χ0n) is 7.71. The smallest absolute Gasteiger partial charge is 0.272 e. The van der Waals surface area contributed by atoms with Crippen LogP contribution in [0, 0.1) is 0 Å². The molecule has 0 aliphatic carbocycles. The molecule has 0 saturated carbocycles. The van der Waals surface area contributed by atoms with Crippen molar-refractivity contribution in [3.63, 3.8) is 0 Å². The van der Waals surface area contributed by atoms with Gasteiger partial charge in [0.2, 0.25) is 12.4 Å². The fraction of sp³-hybridized carbons (Fsp3) is 0.444. The van der Waals surface area contributed by atoms with E-state index in [1.165, 1.54) is 23.1 Å². The maximum Gasteiger partial charge on any atom is 0.393 e. The molecule has 0 radical (unpaired) electrons. The summed E-state index contributed by atoms with van der Waals surface area (Å²) in [4.78, 5) is 5.01. The Morgan fingerprint density at radius 1 is 1.43 bits per heavy atom. The minimum absolute atomic E-state index is 0.188. The molecule has 0 aromatic carbocycles. The van der Waals surface area contributed by atoms with E-state index in [0.29, 0.717) is 6.61 Å². The van der Waals surface area contributed by atoms with Crippen molar-refractivity contribution in [2.24, 2.45) is 0 Å². The first kappa shape index (κ1) is 10.8. The molecule has 2 nitrogen and oxygen atoms in total. The van der Waals surface area contributed by atoms with E-state index in [9.17, 15) is 13.2 Å². The summed E-state index contributed by atoms with van der Waals surface area (Å²) < 4.78 is 37.3. The largest absolute Gasteiger partial charge is 0.393 e. The first-order valence-electron chi connectivity index (χ1n) is 4.21. The third kappa shape index (κ3) is 3.64. The van der Waals surface area contributed by atoms with Crippen LogP contribution in [0.25, 0.3) is 0 Å². The highest BCUT2D eigenvalue weighted by molar-refractivity contribution is 5.06. The molecule has 14 heavy (non-hydrogen) atoms. The average molecular weight is 206 g/mol. The van der Waals surface area contributed by atoms with Gasteiger partial charge in [-0.15, -0.1) is 0 Å². The van der Waals surface area contributed by atoms with Gasteiger partial charge < -0.3 is 0 Å². The Bertz CT molecular complexity index is 298. The third-order valence-corrected chi connectivity index (χ3v) is 1.52. The van der Waals surface area contributed by atoms with E-state index in [2.05, 4.69) is 0 Å². The molecule has 0 unspecified atom stereocenters. The van der Waals surface area contributed by atoms with Gasteiger partial charge in [0.1, 0.15) is 0 Å². The number of aromatic nitrogens is 1. The van der Waals surface area contributed by atoms with Gasteiger partial charge in [-0.25, -0.2) is 0 Å². The van der Waals surface area contributed by atoms with Crippen molar-refractivity contribution in [2.75, 3.05) is 6.61 Å². The number of halogens is 3. The Kier molecular flexibility index (Phi) is 3.33. The number of nitrogens with zero attached hydrogens (tertiary/aromatic N) is 1. The van der Waals surface area contributed by atoms with Gasteiger partial charge in [-0.1, -0.05) is 0 Å². The number of hydrogen-bond donors (Lipinski definition) is 0. The topological polar surface area (TPSA) is 13.1 Å². The minimum atomic E-state index is -4.18. The summed E-state index contributed by atoms with van der Waals surface area (Å²) >= 11 is 0. The highest BCUT2D eigenvalue weighted by Gasteiger charge is 2.28. The molecule has 1 aromatic rings. The summed E-state index contributed by atoms with van der Waals surface area (Å²) in [6.45, 7) is 2.18.